The molecule has 27 heavy (non-hydrogen) atoms. The Morgan fingerprint density at radius 2 is 1.74 bits per heavy atom. The quantitative estimate of drug-likeness (QED) is 0.711. The highest BCUT2D eigenvalue weighted by molar-refractivity contribution is 5.94. The van der Waals surface area contributed by atoms with E-state index < -0.39 is 0 Å². The molecule has 1 aromatic heterocycles. The first kappa shape index (κ1) is 17.5. The Labute approximate surface area is 158 Å². The second kappa shape index (κ2) is 8.20. The summed E-state index contributed by atoms with van der Waals surface area (Å²) in [5.41, 5.74) is 3.76. The predicted octanol–water partition coefficient (Wildman–Crippen LogP) is 2.53. The van der Waals surface area contributed by atoms with Gasteiger partial charge in [0.25, 0.3) is 0 Å². The van der Waals surface area contributed by atoms with Gasteiger partial charge in [-0.05, 0) is 11.6 Å². The number of nitrogens with zero attached hydrogens (tertiary/aromatic N) is 3. The van der Waals surface area contributed by atoms with Crippen molar-refractivity contribution in [3.05, 3.63) is 78.3 Å². The smallest absolute Gasteiger partial charge is 0.141 e. The minimum atomic E-state index is -0.281. The van der Waals surface area contributed by atoms with Crippen LogP contribution in [0.4, 0.5) is 0 Å². The Kier molecular flexibility index (Phi) is 5.32. The second-order valence-electron chi connectivity index (χ2n) is 6.60. The van der Waals surface area contributed by atoms with E-state index in [-0.39, 0.29) is 6.04 Å². The molecule has 1 saturated heterocycles. The SMILES string of the molecule is O=CC(/C=C(\c1ccccc1)c1ncnc2ccccc12)N1CCNCC1. The van der Waals surface area contributed by atoms with E-state index in [1.807, 2.05) is 48.5 Å². The van der Waals surface area contributed by atoms with Crippen LogP contribution in [-0.2, 0) is 4.79 Å². The lowest BCUT2D eigenvalue weighted by atomic mass is 9.97. The van der Waals surface area contributed by atoms with E-state index in [1.165, 1.54) is 0 Å². The maximum atomic E-state index is 11.9. The molecule has 5 nitrogen and oxygen atoms in total. The molecule has 1 unspecified atom stereocenters. The van der Waals surface area contributed by atoms with Gasteiger partial charge in [-0.25, -0.2) is 9.97 Å². The summed E-state index contributed by atoms with van der Waals surface area (Å²) in [5, 5.41) is 4.32. The standard InChI is InChI=1S/C22H22N4O/c27-15-18(26-12-10-23-11-13-26)14-20(17-6-2-1-3-7-17)22-19-8-4-5-9-21(19)24-16-25-22/h1-9,14-16,18,23H,10-13H2/b20-14+. The molecule has 1 aliphatic rings. The van der Waals surface area contributed by atoms with Gasteiger partial charge in [0.2, 0.25) is 0 Å². The molecule has 0 spiro atoms. The van der Waals surface area contributed by atoms with E-state index in [0.717, 1.165) is 60.2 Å². The molecule has 2 heterocycles. The van der Waals surface area contributed by atoms with Crippen molar-refractivity contribution in [3.8, 4) is 0 Å². The Balaban J connectivity index is 1.85. The van der Waals surface area contributed by atoms with Crippen molar-refractivity contribution in [2.75, 3.05) is 26.2 Å². The van der Waals surface area contributed by atoms with Gasteiger partial charge in [-0.2, -0.15) is 0 Å². The summed E-state index contributed by atoms with van der Waals surface area (Å²) in [6.07, 6.45) is 4.66. The number of hydrogen-bond acceptors (Lipinski definition) is 5. The van der Waals surface area contributed by atoms with Crippen LogP contribution in [0.25, 0.3) is 16.5 Å². The molecule has 5 heteroatoms. The highest BCUT2D eigenvalue weighted by Gasteiger charge is 2.20. The van der Waals surface area contributed by atoms with Crippen molar-refractivity contribution in [2.45, 2.75) is 6.04 Å². The van der Waals surface area contributed by atoms with Crippen molar-refractivity contribution in [2.24, 2.45) is 0 Å². The van der Waals surface area contributed by atoms with E-state index in [2.05, 4.69) is 32.3 Å². The van der Waals surface area contributed by atoms with Crippen molar-refractivity contribution in [3.63, 3.8) is 0 Å². The van der Waals surface area contributed by atoms with Gasteiger partial charge in [-0.15, -0.1) is 0 Å². The number of aldehydes is 1. The minimum absolute atomic E-state index is 0.281. The molecule has 1 N–H and O–H groups in total. The normalized spacial score (nSPS) is 17.0. The first-order chi connectivity index (χ1) is 13.4. The van der Waals surface area contributed by atoms with Gasteiger partial charge < -0.3 is 10.1 Å². The van der Waals surface area contributed by atoms with Crippen LogP contribution in [-0.4, -0.2) is 53.4 Å². The average molecular weight is 358 g/mol. The molecule has 136 valence electrons. The van der Waals surface area contributed by atoms with E-state index in [4.69, 9.17) is 0 Å². The Morgan fingerprint density at radius 3 is 2.52 bits per heavy atom. The lowest BCUT2D eigenvalue weighted by molar-refractivity contribution is -0.111. The first-order valence-corrected chi connectivity index (χ1v) is 9.24. The van der Waals surface area contributed by atoms with Crippen molar-refractivity contribution in [1.82, 2.24) is 20.2 Å². The summed E-state index contributed by atoms with van der Waals surface area (Å²) in [6, 6.07) is 17.8. The van der Waals surface area contributed by atoms with Crippen molar-refractivity contribution < 1.29 is 4.79 Å². The number of hydrogen-bond donors (Lipinski definition) is 1. The number of nitrogens with one attached hydrogen (secondary N) is 1. The Bertz CT molecular complexity index is 943. The summed E-state index contributed by atoms with van der Waals surface area (Å²) in [7, 11) is 0. The molecule has 0 radical (unpaired) electrons. The molecule has 1 fully saturated rings. The van der Waals surface area contributed by atoms with E-state index in [9.17, 15) is 4.79 Å². The van der Waals surface area contributed by atoms with Gasteiger partial charge >= 0.3 is 0 Å². The van der Waals surface area contributed by atoms with Gasteiger partial charge in [-0.1, -0.05) is 54.6 Å². The number of fused-ring (bicyclic) bond motifs is 1. The van der Waals surface area contributed by atoms with Crippen LogP contribution in [0, 0.1) is 0 Å². The number of benzene rings is 2. The summed E-state index contributed by atoms with van der Waals surface area (Å²) < 4.78 is 0. The number of carbonyl (C=O) groups is 1. The van der Waals surface area contributed by atoms with Crippen LogP contribution in [0.3, 0.4) is 0 Å². The van der Waals surface area contributed by atoms with E-state index in [0.29, 0.717) is 0 Å². The lowest BCUT2D eigenvalue weighted by Gasteiger charge is -2.30. The van der Waals surface area contributed by atoms with Gasteiger partial charge in [0.1, 0.15) is 12.6 Å². The molecular weight excluding hydrogens is 336 g/mol. The first-order valence-electron chi connectivity index (χ1n) is 9.24. The fraction of sp³-hybridized carbons (Fsp3) is 0.227. The third-order valence-corrected chi connectivity index (χ3v) is 4.93. The molecule has 0 bridgehead atoms. The molecule has 0 aliphatic carbocycles. The number of aromatic nitrogens is 2. The molecule has 0 saturated carbocycles. The molecule has 1 atom stereocenters. The van der Waals surface area contributed by atoms with Crippen LogP contribution in [0.15, 0.2) is 67.0 Å². The minimum Gasteiger partial charge on any atom is -0.314 e. The molecule has 2 aromatic carbocycles. The van der Waals surface area contributed by atoms with Crippen LogP contribution >= 0.6 is 0 Å². The largest absolute Gasteiger partial charge is 0.314 e. The molecular formula is C22H22N4O. The fourth-order valence-corrected chi connectivity index (χ4v) is 3.53. The van der Waals surface area contributed by atoms with Gasteiger partial charge in [0.05, 0.1) is 17.3 Å². The predicted molar refractivity (Wildman–Crippen MR) is 107 cm³/mol. The van der Waals surface area contributed by atoms with Crippen LogP contribution in [0.2, 0.25) is 0 Å². The highest BCUT2D eigenvalue weighted by Crippen LogP contribution is 2.28. The summed E-state index contributed by atoms with van der Waals surface area (Å²) >= 11 is 0. The maximum Gasteiger partial charge on any atom is 0.141 e. The number of rotatable bonds is 5. The lowest BCUT2D eigenvalue weighted by Crippen LogP contribution is -2.48. The number of carbonyl (C=O) groups excluding carboxylic acids is 1. The van der Waals surface area contributed by atoms with Crippen LogP contribution in [0.5, 0.6) is 0 Å². The third-order valence-electron chi connectivity index (χ3n) is 4.93. The van der Waals surface area contributed by atoms with Crippen molar-refractivity contribution in [1.29, 1.82) is 0 Å². The fourth-order valence-electron chi connectivity index (χ4n) is 3.53. The second-order valence-corrected chi connectivity index (χ2v) is 6.60. The van der Waals surface area contributed by atoms with E-state index in [1.54, 1.807) is 6.33 Å². The van der Waals surface area contributed by atoms with Gasteiger partial charge in [0.15, 0.2) is 0 Å². The van der Waals surface area contributed by atoms with Crippen molar-refractivity contribution >= 4 is 22.8 Å². The summed E-state index contributed by atoms with van der Waals surface area (Å²) in [6.45, 7) is 3.50. The Morgan fingerprint density at radius 1 is 1.00 bits per heavy atom. The van der Waals surface area contributed by atoms with E-state index >= 15 is 0 Å². The molecule has 1 aliphatic heterocycles. The topological polar surface area (TPSA) is 58.1 Å². The van der Waals surface area contributed by atoms with Gasteiger partial charge in [0, 0.05) is 37.1 Å². The number of para-hydroxylation sites is 1. The average Bonchev–Trinajstić information content (AvgIpc) is 2.76. The van der Waals surface area contributed by atoms with Crippen LogP contribution < -0.4 is 5.32 Å². The summed E-state index contributed by atoms with van der Waals surface area (Å²) in [5.74, 6) is 0. The van der Waals surface area contributed by atoms with Gasteiger partial charge in [-0.3, -0.25) is 4.90 Å². The zero-order chi connectivity index (χ0) is 18.5. The molecule has 0 amide bonds. The zero-order valence-corrected chi connectivity index (χ0v) is 15.1. The highest BCUT2D eigenvalue weighted by atomic mass is 16.1. The molecule has 4 rings (SSSR count). The number of piperazine rings is 1. The monoisotopic (exact) mass is 358 g/mol. The Hall–Kier alpha value is -2.89. The van der Waals surface area contributed by atoms with Crippen LogP contribution in [0.1, 0.15) is 11.3 Å². The molecule has 3 aromatic rings. The third kappa shape index (κ3) is 3.79. The maximum absolute atomic E-state index is 11.9. The summed E-state index contributed by atoms with van der Waals surface area (Å²) in [4.78, 5) is 23.1. The zero-order valence-electron chi connectivity index (χ0n) is 15.1.